The number of allylic oxidation sites excluding steroid dienone is 2. The van der Waals surface area contributed by atoms with E-state index >= 15 is 0 Å². The molecule has 158 valence electrons. The van der Waals surface area contributed by atoms with Gasteiger partial charge in [0.05, 0.1) is 33.8 Å². The topological polar surface area (TPSA) is 112 Å². The summed E-state index contributed by atoms with van der Waals surface area (Å²) in [6, 6.07) is 4.08. The van der Waals surface area contributed by atoms with Crippen LogP contribution in [0.5, 0.6) is 0 Å². The summed E-state index contributed by atoms with van der Waals surface area (Å²) >= 11 is 6.43. The highest BCUT2D eigenvalue weighted by molar-refractivity contribution is 6.39. The third kappa shape index (κ3) is 4.18. The fraction of sp³-hybridized carbons (Fsp3) is 0.211. The van der Waals surface area contributed by atoms with Gasteiger partial charge in [0.25, 0.3) is 5.91 Å². The second kappa shape index (κ2) is 7.86. The number of benzene rings is 1. The number of fused-ring (bicyclic) bond motifs is 1. The van der Waals surface area contributed by atoms with Crippen LogP contribution in [0, 0.1) is 6.92 Å². The number of alkyl halides is 3. The van der Waals surface area contributed by atoms with Gasteiger partial charge in [0.2, 0.25) is 0 Å². The first-order chi connectivity index (χ1) is 14.0. The van der Waals surface area contributed by atoms with Crippen molar-refractivity contribution in [3.8, 4) is 0 Å². The largest absolute Gasteiger partial charge is 0.416 e. The number of halogens is 4. The minimum absolute atomic E-state index is 0.0604. The molecule has 1 aromatic carbocycles. The van der Waals surface area contributed by atoms with Crippen LogP contribution in [0.2, 0.25) is 5.02 Å². The lowest BCUT2D eigenvalue weighted by molar-refractivity contribution is -0.137. The Kier molecular flexibility index (Phi) is 5.62. The standard InChI is InChI=1S/C19H18ClF3N6O/c1-9(24)14(25)8-29-17-15(10(2)28-29)16(20)13(7-26-17)18(30)27-12-5-3-11(4-6-12)19(21,22)23/h3-7H,8,24-25H2,1-2H3,(H,27,30)/b14-9-. The van der Waals surface area contributed by atoms with Gasteiger partial charge in [0.1, 0.15) is 0 Å². The molecule has 0 bridgehead atoms. The minimum atomic E-state index is -4.46. The molecule has 0 aliphatic heterocycles. The second-order valence-corrected chi connectivity index (χ2v) is 7.04. The number of hydrogen-bond acceptors (Lipinski definition) is 5. The zero-order chi connectivity index (χ0) is 22.2. The van der Waals surface area contributed by atoms with Crippen LogP contribution < -0.4 is 16.8 Å². The van der Waals surface area contributed by atoms with E-state index < -0.39 is 17.6 Å². The van der Waals surface area contributed by atoms with Crippen LogP contribution in [-0.4, -0.2) is 20.7 Å². The predicted molar refractivity (Wildman–Crippen MR) is 108 cm³/mol. The number of pyridine rings is 1. The summed E-state index contributed by atoms with van der Waals surface area (Å²) in [5.41, 5.74) is 12.8. The normalized spacial score (nSPS) is 12.7. The Hall–Kier alpha value is -3.27. The summed E-state index contributed by atoms with van der Waals surface area (Å²) in [7, 11) is 0. The Morgan fingerprint density at radius 3 is 2.43 bits per heavy atom. The van der Waals surface area contributed by atoms with E-state index in [-0.39, 0.29) is 22.8 Å². The number of rotatable bonds is 4. The highest BCUT2D eigenvalue weighted by atomic mass is 35.5. The van der Waals surface area contributed by atoms with Crippen molar-refractivity contribution in [2.45, 2.75) is 26.6 Å². The summed E-state index contributed by atoms with van der Waals surface area (Å²) < 4.78 is 39.5. The molecule has 0 saturated heterocycles. The Morgan fingerprint density at radius 2 is 1.87 bits per heavy atom. The van der Waals surface area contributed by atoms with Crippen LogP contribution in [0.3, 0.4) is 0 Å². The van der Waals surface area contributed by atoms with Crippen molar-refractivity contribution in [1.82, 2.24) is 14.8 Å². The molecule has 7 nitrogen and oxygen atoms in total. The number of aryl methyl sites for hydroxylation is 1. The summed E-state index contributed by atoms with van der Waals surface area (Å²) in [5, 5.41) is 7.46. The van der Waals surface area contributed by atoms with Crippen LogP contribution in [0.25, 0.3) is 11.0 Å². The second-order valence-electron chi connectivity index (χ2n) is 6.67. The van der Waals surface area contributed by atoms with Gasteiger partial charge >= 0.3 is 6.18 Å². The molecule has 0 spiro atoms. The Labute approximate surface area is 174 Å². The first kappa shape index (κ1) is 21.4. The smallest absolute Gasteiger partial charge is 0.401 e. The Morgan fingerprint density at radius 1 is 1.23 bits per heavy atom. The van der Waals surface area contributed by atoms with Gasteiger partial charge in [-0.05, 0) is 38.1 Å². The van der Waals surface area contributed by atoms with Crippen molar-refractivity contribution in [1.29, 1.82) is 0 Å². The summed E-state index contributed by atoms with van der Waals surface area (Å²) in [6.45, 7) is 3.57. The van der Waals surface area contributed by atoms with Gasteiger partial charge in [-0.25, -0.2) is 9.67 Å². The maximum atomic E-state index is 12.7. The van der Waals surface area contributed by atoms with E-state index in [1.165, 1.54) is 10.9 Å². The van der Waals surface area contributed by atoms with Gasteiger partial charge in [0.15, 0.2) is 5.65 Å². The van der Waals surface area contributed by atoms with E-state index in [0.717, 1.165) is 24.3 Å². The number of anilines is 1. The van der Waals surface area contributed by atoms with E-state index in [4.69, 9.17) is 23.1 Å². The Bertz CT molecular complexity index is 1150. The van der Waals surface area contributed by atoms with Gasteiger partial charge in [-0.3, -0.25) is 4.79 Å². The van der Waals surface area contributed by atoms with Crippen LogP contribution in [-0.2, 0) is 12.7 Å². The quantitative estimate of drug-likeness (QED) is 0.573. The molecular formula is C19H18ClF3N6O. The van der Waals surface area contributed by atoms with Crippen molar-refractivity contribution < 1.29 is 18.0 Å². The highest BCUT2D eigenvalue weighted by Gasteiger charge is 2.30. The van der Waals surface area contributed by atoms with Gasteiger partial charge in [-0.2, -0.15) is 18.3 Å². The van der Waals surface area contributed by atoms with E-state index in [0.29, 0.717) is 28.1 Å². The number of carbonyl (C=O) groups is 1. The molecule has 0 atom stereocenters. The monoisotopic (exact) mass is 438 g/mol. The molecule has 5 N–H and O–H groups in total. The van der Waals surface area contributed by atoms with E-state index in [1.807, 2.05) is 0 Å². The molecule has 1 amide bonds. The molecule has 11 heteroatoms. The van der Waals surface area contributed by atoms with Crippen molar-refractivity contribution in [3.05, 3.63) is 63.7 Å². The number of amides is 1. The molecule has 2 aromatic heterocycles. The molecule has 30 heavy (non-hydrogen) atoms. The fourth-order valence-corrected chi connectivity index (χ4v) is 3.13. The summed E-state index contributed by atoms with van der Waals surface area (Å²) in [6.07, 6.45) is -3.18. The molecule has 0 saturated carbocycles. The van der Waals surface area contributed by atoms with Crippen LogP contribution >= 0.6 is 11.6 Å². The highest BCUT2D eigenvalue weighted by Crippen LogP contribution is 2.31. The van der Waals surface area contributed by atoms with Crippen molar-refractivity contribution in [3.63, 3.8) is 0 Å². The first-order valence-electron chi connectivity index (χ1n) is 8.70. The van der Waals surface area contributed by atoms with Gasteiger partial charge < -0.3 is 16.8 Å². The number of nitrogens with zero attached hydrogens (tertiary/aromatic N) is 3. The first-order valence-corrected chi connectivity index (χ1v) is 9.07. The molecule has 0 aliphatic carbocycles. The molecule has 3 aromatic rings. The molecule has 2 heterocycles. The van der Waals surface area contributed by atoms with Crippen molar-refractivity contribution >= 4 is 34.2 Å². The molecule has 0 aliphatic rings. The van der Waals surface area contributed by atoms with E-state index in [2.05, 4.69) is 15.4 Å². The zero-order valence-electron chi connectivity index (χ0n) is 16.0. The van der Waals surface area contributed by atoms with Crippen LogP contribution in [0.15, 0.2) is 41.9 Å². The third-order valence-electron chi connectivity index (χ3n) is 4.41. The molecule has 0 fully saturated rings. The minimum Gasteiger partial charge on any atom is -0.401 e. The predicted octanol–water partition coefficient (Wildman–Crippen LogP) is 3.81. The average Bonchev–Trinajstić information content (AvgIpc) is 2.97. The zero-order valence-corrected chi connectivity index (χ0v) is 16.8. The number of nitrogens with two attached hydrogens (primary N) is 2. The molecule has 0 unspecified atom stereocenters. The number of carbonyl (C=O) groups excluding carboxylic acids is 1. The number of nitrogens with one attached hydrogen (secondary N) is 1. The summed E-state index contributed by atoms with van der Waals surface area (Å²) in [5.74, 6) is -0.612. The maximum absolute atomic E-state index is 12.7. The summed E-state index contributed by atoms with van der Waals surface area (Å²) in [4.78, 5) is 16.9. The van der Waals surface area contributed by atoms with Gasteiger partial charge in [-0.15, -0.1) is 0 Å². The molecular weight excluding hydrogens is 421 g/mol. The lowest BCUT2D eigenvalue weighted by Gasteiger charge is -2.10. The van der Waals surface area contributed by atoms with E-state index in [9.17, 15) is 18.0 Å². The lowest BCUT2D eigenvalue weighted by Crippen LogP contribution is -2.15. The maximum Gasteiger partial charge on any atom is 0.416 e. The third-order valence-corrected chi connectivity index (χ3v) is 4.81. The van der Waals surface area contributed by atoms with Crippen LogP contribution in [0.1, 0.15) is 28.5 Å². The SMILES string of the molecule is C/C(N)=C(/N)Cn1nc(C)c2c(Cl)c(C(=O)Nc3ccc(C(F)(F)F)cc3)cnc21. The molecule has 0 radical (unpaired) electrons. The Balaban J connectivity index is 1.91. The number of hydrogen-bond donors (Lipinski definition) is 3. The lowest BCUT2D eigenvalue weighted by atomic mass is 10.1. The average molecular weight is 439 g/mol. The fourth-order valence-electron chi connectivity index (χ4n) is 2.77. The van der Waals surface area contributed by atoms with Crippen molar-refractivity contribution in [2.24, 2.45) is 11.5 Å². The van der Waals surface area contributed by atoms with Gasteiger partial charge in [0, 0.05) is 23.3 Å². The van der Waals surface area contributed by atoms with Gasteiger partial charge in [-0.1, -0.05) is 11.6 Å². The van der Waals surface area contributed by atoms with E-state index in [1.54, 1.807) is 13.8 Å². The van der Waals surface area contributed by atoms with Crippen LogP contribution in [0.4, 0.5) is 18.9 Å². The molecule has 3 rings (SSSR count). The van der Waals surface area contributed by atoms with Crippen molar-refractivity contribution in [2.75, 3.05) is 5.32 Å². The number of aromatic nitrogens is 3.